The lowest BCUT2D eigenvalue weighted by Crippen LogP contribution is -2.41. The Kier molecular flexibility index (Phi) is 7.74. The number of carbonyl (C=O) groups excluding carboxylic acids is 3. The first-order valence-corrected chi connectivity index (χ1v) is 9.80. The van der Waals surface area contributed by atoms with E-state index in [2.05, 4.69) is 10.6 Å². The normalized spacial score (nSPS) is 16.0. The maximum atomic E-state index is 12.3. The molecule has 1 unspecified atom stereocenters. The van der Waals surface area contributed by atoms with Crippen LogP contribution in [0.25, 0.3) is 6.08 Å². The summed E-state index contributed by atoms with van der Waals surface area (Å²) in [5.41, 5.74) is 5.94. The van der Waals surface area contributed by atoms with Crippen molar-refractivity contribution >= 4 is 58.2 Å². The van der Waals surface area contributed by atoms with Gasteiger partial charge in [-0.25, -0.2) is 9.59 Å². The molecule has 2 rings (SSSR count). The summed E-state index contributed by atoms with van der Waals surface area (Å²) in [6, 6.07) is 4.61. The molecule has 1 saturated heterocycles. The number of carbonyl (C=O) groups is 4. The summed E-state index contributed by atoms with van der Waals surface area (Å²) < 4.78 is 0.475. The number of amides is 4. The highest BCUT2D eigenvalue weighted by molar-refractivity contribution is 8.26. The van der Waals surface area contributed by atoms with Crippen molar-refractivity contribution in [1.82, 2.24) is 15.5 Å². The predicted octanol–water partition coefficient (Wildman–Crippen LogP) is 1.15. The average molecular weight is 437 g/mol. The number of aliphatic carboxylic acids is 1. The van der Waals surface area contributed by atoms with Crippen LogP contribution < -0.4 is 16.4 Å². The van der Waals surface area contributed by atoms with Crippen LogP contribution in [0, 0.1) is 0 Å². The van der Waals surface area contributed by atoms with E-state index in [1.807, 2.05) is 0 Å². The molecule has 154 valence electrons. The minimum atomic E-state index is -1.17. The smallest absolute Gasteiger partial charge is 0.326 e. The number of likely N-dealkylation sites (N-methyl/N-ethyl adjacent to an activating group) is 1. The van der Waals surface area contributed by atoms with Gasteiger partial charge in [0.15, 0.2) is 0 Å². The number of carboxylic acids is 1. The van der Waals surface area contributed by atoms with Gasteiger partial charge in [0.05, 0.1) is 4.91 Å². The number of hydrogen-bond acceptors (Lipinski definition) is 6. The van der Waals surface area contributed by atoms with E-state index < -0.39 is 23.9 Å². The molecular weight excluding hydrogens is 416 g/mol. The molecule has 1 aromatic carbocycles. The maximum absolute atomic E-state index is 12.3. The molecule has 11 heteroatoms. The average Bonchev–Trinajstić information content (AvgIpc) is 2.91. The number of hydrogen-bond donors (Lipinski definition) is 4. The van der Waals surface area contributed by atoms with E-state index in [1.54, 1.807) is 37.4 Å². The molecule has 0 aromatic heterocycles. The molecule has 0 aliphatic carbocycles. The van der Waals surface area contributed by atoms with Gasteiger partial charge in [-0.3, -0.25) is 14.5 Å². The van der Waals surface area contributed by atoms with Crippen LogP contribution in [0.15, 0.2) is 29.2 Å². The molecule has 1 aliphatic heterocycles. The van der Waals surface area contributed by atoms with Crippen molar-refractivity contribution in [2.75, 3.05) is 13.6 Å². The maximum Gasteiger partial charge on any atom is 0.326 e. The SMILES string of the molecule is CN1C(=O)/C(=C/c2ccc(C(=O)NC(CCCNC(N)=O)C(=O)O)cc2)SC1=S. The van der Waals surface area contributed by atoms with Gasteiger partial charge < -0.3 is 21.5 Å². The van der Waals surface area contributed by atoms with Crippen LogP contribution in [0.1, 0.15) is 28.8 Å². The number of nitrogens with two attached hydrogens (primary N) is 1. The summed E-state index contributed by atoms with van der Waals surface area (Å²) >= 11 is 6.28. The van der Waals surface area contributed by atoms with Crippen molar-refractivity contribution in [3.63, 3.8) is 0 Å². The van der Waals surface area contributed by atoms with Gasteiger partial charge in [-0.1, -0.05) is 36.1 Å². The summed E-state index contributed by atoms with van der Waals surface area (Å²) in [7, 11) is 1.61. The molecule has 1 heterocycles. The van der Waals surface area contributed by atoms with Crippen LogP contribution >= 0.6 is 24.0 Å². The first kappa shape index (κ1) is 22.4. The summed E-state index contributed by atoms with van der Waals surface area (Å²) in [5, 5.41) is 14.1. The Morgan fingerprint density at radius 3 is 2.48 bits per heavy atom. The summed E-state index contributed by atoms with van der Waals surface area (Å²) in [5.74, 6) is -1.89. The van der Waals surface area contributed by atoms with Crippen molar-refractivity contribution in [3.05, 3.63) is 40.3 Å². The Bertz CT molecular complexity index is 870. The van der Waals surface area contributed by atoms with Gasteiger partial charge in [0, 0.05) is 19.2 Å². The van der Waals surface area contributed by atoms with Gasteiger partial charge in [0.1, 0.15) is 10.4 Å². The van der Waals surface area contributed by atoms with Gasteiger partial charge in [0.2, 0.25) is 0 Å². The number of nitrogens with zero attached hydrogens (tertiary/aromatic N) is 1. The largest absolute Gasteiger partial charge is 0.480 e. The molecule has 4 amide bonds. The third-order valence-corrected chi connectivity index (χ3v) is 5.51. The highest BCUT2D eigenvalue weighted by Gasteiger charge is 2.28. The fraction of sp³-hybridized carbons (Fsp3) is 0.278. The number of primary amides is 1. The van der Waals surface area contributed by atoms with Crippen molar-refractivity contribution < 1.29 is 24.3 Å². The third kappa shape index (κ3) is 6.29. The highest BCUT2D eigenvalue weighted by atomic mass is 32.2. The molecule has 0 bridgehead atoms. The second kappa shape index (κ2) is 10.0. The summed E-state index contributed by atoms with van der Waals surface area (Å²) in [6.07, 6.45) is 2.16. The quantitative estimate of drug-likeness (QED) is 0.272. The number of nitrogens with one attached hydrogen (secondary N) is 2. The van der Waals surface area contributed by atoms with Gasteiger partial charge >= 0.3 is 12.0 Å². The van der Waals surface area contributed by atoms with E-state index in [0.717, 1.165) is 0 Å². The van der Waals surface area contributed by atoms with E-state index in [-0.39, 0.29) is 24.4 Å². The summed E-state index contributed by atoms with van der Waals surface area (Å²) in [6.45, 7) is 0.216. The zero-order valence-corrected chi connectivity index (χ0v) is 17.1. The third-order valence-electron chi connectivity index (χ3n) is 4.03. The van der Waals surface area contributed by atoms with Gasteiger partial charge in [-0.15, -0.1) is 0 Å². The number of thioether (sulfide) groups is 1. The molecule has 9 nitrogen and oxygen atoms in total. The molecule has 0 radical (unpaired) electrons. The molecule has 0 saturated carbocycles. The molecule has 29 heavy (non-hydrogen) atoms. The summed E-state index contributed by atoms with van der Waals surface area (Å²) in [4.78, 5) is 48.2. The van der Waals surface area contributed by atoms with E-state index in [4.69, 9.17) is 18.0 Å². The fourth-order valence-electron chi connectivity index (χ4n) is 2.44. The molecule has 5 N–H and O–H groups in total. The molecule has 0 spiro atoms. The molecular formula is C18H20N4O5S2. The standard InChI is InChI=1S/C18H20N4O5S2/c1-22-15(24)13(29-18(22)28)9-10-4-6-11(7-5-10)14(23)21-12(16(25)26)3-2-8-20-17(19)27/h4-7,9,12H,2-3,8H2,1H3,(H,21,23)(H,25,26)(H3,19,20,27)/b13-9-. The molecule has 1 atom stereocenters. The first-order valence-electron chi connectivity index (χ1n) is 8.57. The lowest BCUT2D eigenvalue weighted by molar-refractivity contribution is -0.139. The van der Waals surface area contributed by atoms with Crippen LogP contribution in [0.5, 0.6) is 0 Å². The number of carboxylic acid groups (broad SMARTS) is 1. The van der Waals surface area contributed by atoms with Crippen LogP contribution in [0.4, 0.5) is 4.79 Å². The highest BCUT2D eigenvalue weighted by Crippen LogP contribution is 2.31. The Morgan fingerprint density at radius 2 is 1.97 bits per heavy atom. The second-order valence-electron chi connectivity index (χ2n) is 6.16. The van der Waals surface area contributed by atoms with Crippen LogP contribution in [-0.2, 0) is 9.59 Å². The minimum Gasteiger partial charge on any atom is -0.480 e. The monoisotopic (exact) mass is 436 g/mol. The van der Waals surface area contributed by atoms with Crippen molar-refractivity contribution in [3.8, 4) is 0 Å². The predicted molar refractivity (Wildman–Crippen MR) is 113 cm³/mol. The van der Waals surface area contributed by atoms with Gasteiger partial charge in [0.25, 0.3) is 11.8 Å². The van der Waals surface area contributed by atoms with Gasteiger partial charge in [-0.2, -0.15) is 0 Å². The Balaban J connectivity index is 1.98. The number of benzene rings is 1. The lowest BCUT2D eigenvalue weighted by Gasteiger charge is -2.14. The topological polar surface area (TPSA) is 142 Å². The molecule has 1 fully saturated rings. The van der Waals surface area contributed by atoms with Gasteiger partial charge in [-0.05, 0) is 36.6 Å². The number of thiocarbonyl (C=S) groups is 1. The zero-order chi connectivity index (χ0) is 21.6. The Morgan fingerprint density at radius 1 is 1.31 bits per heavy atom. The van der Waals surface area contributed by atoms with E-state index in [0.29, 0.717) is 21.2 Å². The molecule has 1 aliphatic rings. The number of rotatable bonds is 8. The Labute approximate surface area is 176 Å². The zero-order valence-electron chi connectivity index (χ0n) is 15.5. The van der Waals surface area contributed by atoms with Crippen molar-refractivity contribution in [2.45, 2.75) is 18.9 Å². The van der Waals surface area contributed by atoms with Crippen LogP contribution in [0.2, 0.25) is 0 Å². The van der Waals surface area contributed by atoms with Crippen LogP contribution in [0.3, 0.4) is 0 Å². The minimum absolute atomic E-state index is 0.137. The van der Waals surface area contributed by atoms with Crippen molar-refractivity contribution in [2.24, 2.45) is 5.73 Å². The Hall–Kier alpha value is -2.92. The van der Waals surface area contributed by atoms with Crippen molar-refractivity contribution in [1.29, 1.82) is 0 Å². The van der Waals surface area contributed by atoms with E-state index in [9.17, 15) is 24.3 Å². The lowest BCUT2D eigenvalue weighted by atomic mass is 10.1. The molecule has 1 aromatic rings. The first-order chi connectivity index (χ1) is 13.7. The van der Waals surface area contributed by atoms with E-state index >= 15 is 0 Å². The second-order valence-corrected chi connectivity index (χ2v) is 7.84. The number of urea groups is 1. The van der Waals surface area contributed by atoms with Crippen LogP contribution in [-0.4, -0.2) is 57.8 Å². The fourth-order valence-corrected chi connectivity index (χ4v) is 3.62. The van der Waals surface area contributed by atoms with E-state index in [1.165, 1.54) is 16.7 Å².